The second-order valence-corrected chi connectivity index (χ2v) is 10.9. The Bertz CT molecular complexity index is 1430. The molecule has 0 spiro atoms. The summed E-state index contributed by atoms with van der Waals surface area (Å²) in [6.45, 7) is 9.90. The molecular weight excluding hydrogens is 488 g/mol. The maximum absolute atomic E-state index is 13.2. The first-order valence-electron chi connectivity index (χ1n) is 13.8. The van der Waals surface area contributed by atoms with Crippen LogP contribution in [-0.4, -0.2) is 58.6 Å². The molecule has 0 unspecified atom stereocenters. The van der Waals surface area contributed by atoms with Gasteiger partial charge in [-0.1, -0.05) is 36.4 Å². The number of anilines is 1. The van der Waals surface area contributed by atoms with Gasteiger partial charge in [0, 0.05) is 60.8 Å². The van der Waals surface area contributed by atoms with Crippen LogP contribution in [-0.2, 0) is 22.4 Å². The molecule has 1 saturated heterocycles. The van der Waals surface area contributed by atoms with E-state index in [0.29, 0.717) is 36.9 Å². The highest BCUT2D eigenvalue weighted by Gasteiger charge is 2.29. The van der Waals surface area contributed by atoms with Gasteiger partial charge < -0.3 is 25.6 Å². The molecule has 0 radical (unpaired) electrons. The molecule has 3 heterocycles. The maximum atomic E-state index is 13.2. The van der Waals surface area contributed by atoms with Gasteiger partial charge in [-0.15, -0.1) is 0 Å². The molecule has 0 saturated carbocycles. The molecule has 4 N–H and O–H groups in total. The van der Waals surface area contributed by atoms with Crippen LogP contribution in [0.25, 0.3) is 22.8 Å². The van der Waals surface area contributed by atoms with E-state index in [0.717, 1.165) is 63.5 Å². The van der Waals surface area contributed by atoms with E-state index in [1.807, 2.05) is 54.3 Å². The molecule has 3 aromatic rings. The third-order valence-corrected chi connectivity index (χ3v) is 7.88. The molecule has 39 heavy (non-hydrogen) atoms. The molecule has 7 nitrogen and oxygen atoms in total. The molecule has 0 aliphatic carbocycles. The molecule has 2 aliphatic rings. The lowest BCUT2D eigenvalue weighted by molar-refractivity contribution is -0.132. The van der Waals surface area contributed by atoms with E-state index in [-0.39, 0.29) is 18.4 Å². The number of fused-ring (bicyclic) bond motifs is 1. The zero-order valence-electron chi connectivity index (χ0n) is 23.2. The summed E-state index contributed by atoms with van der Waals surface area (Å²) in [5.74, 6) is 0.0570. The van der Waals surface area contributed by atoms with E-state index in [1.165, 1.54) is 0 Å². The van der Waals surface area contributed by atoms with Gasteiger partial charge in [0.25, 0.3) is 5.91 Å². The Kier molecular flexibility index (Phi) is 7.73. The summed E-state index contributed by atoms with van der Waals surface area (Å²) in [5.41, 5.74) is 9.45. The Morgan fingerprint density at radius 2 is 1.82 bits per heavy atom. The van der Waals surface area contributed by atoms with Crippen LogP contribution >= 0.6 is 0 Å². The average Bonchev–Trinajstić information content (AvgIpc) is 3.36. The van der Waals surface area contributed by atoms with Crippen LogP contribution < -0.4 is 10.6 Å². The number of hydrogen-bond donors (Lipinski definition) is 4. The van der Waals surface area contributed by atoms with Crippen LogP contribution in [0.1, 0.15) is 53.9 Å². The van der Waals surface area contributed by atoms with Gasteiger partial charge in [-0.25, -0.2) is 0 Å². The number of hydrogen-bond acceptors (Lipinski definition) is 4. The Morgan fingerprint density at radius 3 is 2.56 bits per heavy atom. The topological polar surface area (TPSA) is 97.5 Å². The number of carbonyl (C=O) groups is 2. The second kappa shape index (κ2) is 11.2. The molecule has 0 bridgehead atoms. The monoisotopic (exact) mass is 526 g/mol. The van der Waals surface area contributed by atoms with Crippen LogP contribution in [0, 0.1) is 13.8 Å². The maximum Gasteiger partial charge on any atom is 0.256 e. The van der Waals surface area contributed by atoms with Gasteiger partial charge >= 0.3 is 0 Å². The Labute approximate surface area is 230 Å². The van der Waals surface area contributed by atoms with Gasteiger partial charge in [-0.2, -0.15) is 0 Å². The minimum absolute atomic E-state index is 0.0917. The second-order valence-electron chi connectivity index (χ2n) is 10.9. The van der Waals surface area contributed by atoms with Crippen LogP contribution in [0.5, 0.6) is 0 Å². The van der Waals surface area contributed by atoms with E-state index < -0.39 is 0 Å². The largest absolute Gasteiger partial charge is 0.396 e. The number of aromatic nitrogens is 1. The predicted molar refractivity (Wildman–Crippen MR) is 156 cm³/mol. The number of aromatic amines is 1. The summed E-state index contributed by atoms with van der Waals surface area (Å²) in [6.07, 6.45) is 3.65. The number of piperazine rings is 1. The summed E-state index contributed by atoms with van der Waals surface area (Å²) >= 11 is 0. The molecule has 1 fully saturated rings. The lowest BCUT2D eigenvalue weighted by atomic mass is 9.93. The van der Waals surface area contributed by atoms with Crippen LogP contribution in [0.15, 0.2) is 42.5 Å². The molecule has 2 atom stereocenters. The zero-order valence-corrected chi connectivity index (χ0v) is 23.2. The lowest BCUT2D eigenvalue weighted by Crippen LogP contribution is -2.55. The SMILES string of the molecule is Cc1[nH]c(C=C2C(=O)Nc3cccc(-c4cccc(CCO)c4)c32)c(C)c1CCC(=O)N1C[C@@H](C)N[C@@H](C)C1. The standard InChI is InChI=1S/C32H38N4O3/c1-19-17-36(18-20(2)33-19)30(38)12-11-25-21(3)29(34-22(25)4)16-27-31-26(9-6-10-28(31)35-32(27)39)24-8-5-7-23(15-24)13-14-37/h5-10,15-16,19-20,33-34,37H,11-14,17-18H2,1-4H3,(H,35,39)/t19-,20+. The van der Waals surface area contributed by atoms with Crippen molar-refractivity contribution in [3.8, 4) is 11.1 Å². The number of benzene rings is 2. The number of amides is 2. The summed E-state index contributed by atoms with van der Waals surface area (Å²) in [7, 11) is 0. The first kappa shape index (κ1) is 26.9. The van der Waals surface area contributed by atoms with Gasteiger partial charge in [-0.3, -0.25) is 9.59 Å². The number of nitrogens with zero attached hydrogens (tertiary/aromatic N) is 1. The van der Waals surface area contributed by atoms with E-state index in [4.69, 9.17) is 0 Å². The van der Waals surface area contributed by atoms with E-state index in [2.05, 4.69) is 42.5 Å². The predicted octanol–water partition coefficient (Wildman–Crippen LogP) is 4.47. The molecule has 204 valence electrons. The third-order valence-electron chi connectivity index (χ3n) is 7.88. The van der Waals surface area contributed by atoms with Crippen molar-refractivity contribution >= 4 is 29.2 Å². The fraction of sp³-hybridized carbons (Fsp3) is 0.375. The number of H-pyrrole nitrogens is 1. The first-order valence-corrected chi connectivity index (χ1v) is 13.8. The van der Waals surface area contributed by atoms with Gasteiger partial charge in [0.05, 0.1) is 5.57 Å². The highest BCUT2D eigenvalue weighted by atomic mass is 16.3. The van der Waals surface area contributed by atoms with Gasteiger partial charge in [0.1, 0.15) is 0 Å². The number of aliphatic hydroxyl groups is 1. The summed E-state index contributed by atoms with van der Waals surface area (Å²) < 4.78 is 0. The van der Waals surface area contributed by atoms with Gasteiger partial charge in [0.2, 0.25) is 5.91 Å². The molecule has 2 amide bonds. The Balaban J connectivity index is 1.42. The van der Waals surface area contributed by atoms with Crippen molar-refractivity contribution in [2.24, 2.45) is 0 Å². The van der Waals surface area contributed by atoms with Crippen molar-refractivity contribution in [2.45, 2.75) is 59.0 Å². The number of aryl methyl sites for hydroxylation is 1. The highest BCUT2D eigenvalue weighted by molar-refractivity contribution is 6.36. The Morgan fingerprint density at radius 1 is 1.08 bits per heavy atom. The van der Waals surface area contributed by atoms with Gasteiger partial charge in [-0.05, 0) is 80.5 Å². The number of rotatable bonds is 7. The van der Waals surface area contributed by atoms with Crippen molar-refractivity contribution in [1.29, 1.82) is 0 Å². The smallest absolute Gasteiger partial charge is 0.256 e. The summed E-state index contributed by atoms with van der Waals surface area (Å²) in [5, 5.41) is 15.9. The minimum atomic E-state index is -0.130. The van der Waals surface area contributed by atoms with Crippen molar-refractivity contribution in [1.82, 2.24) is 15.2 Å². The molecule has 5 rings (SSSR count). The fourth-order valence-corrected chi connectivity index (χ4v) is 6.05. The minimum Gasteiger partial charge on any atom is -0.396 e. The summed E-state index contributed by atoms with van der Waals surface area (Å²) in [6, 6.07) is 14.6. The van der Waals surface area contributed by atoms with Crippen molar-refractivity contribution < 1.29 is 14.7 Å². The van der Waals surface area contributed by atoms with E-state index >= 15 is 0 Å². The van der Waals surface area contributed by atoms with Crippen molar-refractivity contribution in [3.05, 3.63) is 76.1 Å². The normalized spacial score (nSPS) is 19.9. The number of aliphatic hydroxyl groups excluding tert-OH is 1. The van der Waals surface area contributed by atoms with Crippen molar-refractivity contribution in [2.75, 3.05) is 25.0 Å². The van der Waals surface area contributed by atoms with Crippen LogP contribution in [0.4, 0.5) is 5.69 Å². The molecule has 2 aliphatic heterocycles. The van der Waals surface area contributed by atoms with E-state index in [1.54, 1.807) is 0 Å². The first-order chi connectivity index (χ1) is 18.7. The number of nitrogens with one attached hydrogen (secondary N) is 3. The number of carbonyl (C=O) groups excluding carboxylic acids is 2. The average molecular weight is 527 g/mol. The van der Waals surface area contributed by atoms with Crippen LogP contribution in [0.3, 0.4) is 0 Å². The molecule has 1 aromatic heterocycles. The molecule has 7 heteroatoms. The fourth-order valence-electron chi connectivity index (χ4n) is 6.05. The Hall–Kier alpha value is -3.68. The molecular formula is C32H38N4O3. The van der Waals surface area contributed by atoms with Crippen LogP contribution in [0.2, 0.25) is 0 Å². The van der Waals surface area contributed by atoms with Crippen molar-refractivity contribution in [3.63, 3.8) is 0 Å². The quantitative estimate of drug-likeness (QED) is 0.342. The van der Waals surface area contributed by atoms with Gasteiger partial charge in [0.15, 0.2) is 0 Å². The highest BCUT2D eigenvalue weighted by Crippen LogP contribution is 2.41. The molecule has 2 aromatic carbocycles. The van der Waals surface area contributed by atoms with E-state index in [9.17, 15) is 14.7 Å². The summed E-state index contributed by atoms with van der Waals surface area (Å²) in [4.78, 5) is 31.6. The lowest BCUT2D eigenvalue weighted by Gasteiger charge is -2.36. The zero-order chi connectivity index (χ0) is 27.7. The third kappa shape index (κ3) is 5.56.